The first-order chi connectivity index (χ1) is 7.90. The fourth-order valence-electron chi connectivity index (χ4n) is 2.34. The van der Waals surface area contributed by atoms with Gasteiger partial charge in [0.1, 0.15) is 5.82 Å². The molecule has 0 saturated carbocycles. The molecule has 3 rings (SSSR count). The number of pyridine rings is 1. The molecular formula is C12H13N3O. The molecule has 1 N–H and O–H groups in total. The van der Waals surface area contributed by atoms with E-state index in [2.05, 4.69) is 10.3 Å². The van der Waals surface area contributed by atoms with Crippen molar-refractivity contribution < 1.29 is 4.79 Å². The first kappa shape index (κ1) is 9.54. The standard InChI is InChI=1S/C12H13N3O/c16-8-10-2-1-5-15-11(10)7-14-12(15)9-3-4-13-6-9/h1-2,5,7-9,13H,3-4,6H2. The highest BCUT2D eigenvalue weighted by Crippen LogP contribution is 2.23. The smallest absolute Gasteiger partial charge is 0.152 e. The van der Waals surface area contributed by atoms with Crippen molar-refractivity contribution in [3.8, 4) is 0 Å². The Kier molecular flexibility index (Phi) is 2.22. The minimum absolute atomic E-state index is 0.462. The number of imidazole rings is 1. The van der Waals surface area contributed by atoms with Crippen molar-refractivity contribution in [3.63, 3.8) is 0 Å². The molecule has 0 amide bonds. The molecule has 82 valence electrons. The Morgan fingerprint density at radius 2 is 2.50 bits per heavy atom. The minimum atomic E-state index is 0.462. The molecule has 2 aromatic heterocycles. The highest BCUT2D eigenvalue weighted by molar-refractivity contribution is 5.85. The van der Waals surface area contributed by atoms with E-state index in [1.165, 1.54) is 0 Å². The number of carbonyl (C=O) groups excluding carboxylic acids is 1. The molecule has 4 nitrogen and oxygen atoms in total. The number of hydrogen-bond acceptors (Lipinski definition) is 3. The van der Waals surface area contributed by atoms with Crippen LogP contribution in [0, 0.1) is 0 Å². The average molecular weight is 215 g/mol. The van der Waals surface area contributed by atoms with Gasteiger partial charge in [-0.2, -0.15) is 0 Å². The van der Waals surface area contributed by atoms with E-state index in [1.54, 1.807) is 6.20 Å². The third kappa shape index (κ3) is 1.34. The molecule has 1 fully saturated rings. The summed E-state index contributed by atoms with van der Waals surface area (Å²) in [6.45, 7) is 2.03. The molecule has 4 heteroatoms. The van der Waals surface area contributed by atoms with Gasteiger partial charge in [0.05, 0.1) is 11.7 Å². The van der Waals surface area contributed by atoms with E-state index in [0.29, 0.717) is 11.5 Å². The van der Waals surface area contributed by atoms with E-state index in [0.717, 1.165) is 37.1 Å². The summed E-state index contributed by atoms with van der Waals surface area (Å²) in [7, 11) is 0. The van der Waals surface area contributed by atoms with Crippen LogP contribution in [0.25, 0.3) is 5.52 Å². The Bertz CT molecular complexity index is 526. The normalized spacial score (nSPS) is 20.4. The molecule has 0 radical (unpaired) electrons. The molecule has 1 unspecified atom stereocenters. The van der Waals surface area contributed by atoms with E-state index in [9.17, 15) is 4.79 Å². The Morgan fingerprint density at radius 1 is 1.56 bits per heavy atom. The van der Waals surface area contributed by atoms with Gasteiger partial charge in [-0.1, -0.05) is 0 Å². The van der Waals surface area contributed by atoms with Crippen molar-refractivity contribution in [1.29, 1.82) is 0 Å². The van der Waals surface area contributed by atoms with Crippen molar-refractivity contribution >= 4 is 11.8 Å². The largest absolute Gasteiger partial charge is 0.316 e. The zero-order valence-electron chi connectivity index (χ0n) is 8.89. The van der Waals surface area contributed by atoms with Crippen molar-refractivity contribution in [3.05, 3.63) is 35.9 Å². The number of fused-ring (bicyclic) bond motifs is 1. The molecule has 0 bridgehead atoms. The number of aromatic nitrogens is 2. The molecule has 1 saturated heterocycles. The van der Waals surface area contributed by atoms with Crippen LogP contribution >= 0.6 is 0 Å². The lowest BCUT2D eigenvalue weighted by Crippen LogP contribution is -2.10. The van der Waals surface area contributed by atoms with Crippen LogP contribution in [0.5, 0.6) is 0 Å². The average Bonchev–Trinajstić information content (AvgIpc) is 2.96. The zero-order chi connectivity index (χ0) is 11.0. The molecule has 0 aliphatic carbocycles. The van der Waals surface area contributed by atoms with Crippen LogP contribution in [0.1, 0.15) is 28.5 Å². The number of hydrogen-bond donors (Lipinski definition) is 1. The maximum atomic E-state index is 10.9. The minimum Gasteiger partial charge on any atom is -0.316 e. The van der Waals surface area contributed by atoms with Gasteiger partial charge in [0.2, 0.25) is 0 Å². The molecule has 0 spiro atoms. The summed E-state index contributed by atoms with van der Waals surface area (Å²) in [5.41, 5.74) is 1.60. The number of rotatable bonds is 2. The van der Waals surface area contributed by atoms with Gasteiger partial charge in [-0.15, -0.1) is 0 Å². The summed E-state index contributed by atoms with van der Waals surface area (Å²) in [6.07, 6.45) is 5.76. The molecule has 1 aliphatic heterocycles. The van der Waals surface area contributed by atoms with Crippen LogP contribution in [0.15, 0.2) is 24.5 Å². The Hall–Kier alpha value is -1.68. The summed E-state index contributed by atoms with van der Waals surface area (Å²) in [6, 6.07) is 3.71. The Morgan fingerprint density at radius 3 is 3.25 bits per heavy atom. The van der Waals surface area contributed by atoms with Crippen LogP contribution in [0.3, 0.4) is 0 Å². The molecule has 1 atom stereocenters. The quantitative estimate of drug-likeness (QED) is 0.766. The van der Waals surface area contributed by atoms with Crippen molar-refractivity contribution in [2.75, 3.05) is 13.1 Å². The maximum Gasteiger partial charge on any atom is 0.152 e. The van der Waals surface area contributed by atoms with Gasteiger partial charge in [0, 0.05) is 24.2 Å². The van der Waals surface area contributed by atoms with E-state index in [-0.39, 0.29) is 0 Å². The summed E-state index contributed by atoms with van der Waals surface area (Å²) < 4.78 is 2.03. The van der Waals surface area contributed by atoms with Gasteiger partial charge in [-0.05, 0) is 25.1 Å². The predicted molar refractivity (Wildman–Crippen MR) is 60.8 cm³/mol. The third-order valence-electron chi connectivity index (χ3n) is 3.18. The van der Waals surface area contributed by atoms with Gasteiger partial charge < -0.3 is 9.72 Å². The van der Waals surface area contributed by atoms with Gasteiger partial charge in [0.15, 0.2) is 6.29 Å². The molecule has 3 heterocycles. The number of nitrogens with one attached hydrogen (secondary N) is 1. The summed E-state index contributed by atoms with van der Waals surface area (Å²) in [5.74, 6) is 1.52. The fourth-order valence-corrected chi connectivity index (χ4v) is 2.34. The lowest BCUT2D eigenvalue weighted by Gasteiger charge is -2.07. The van der Waals surface area contributed by atoms with E-state index < -0.39 is 0 Å². The highest BCUT2D eigenvalue weighted by atomic mass is 16.1. The van der Waals surface area contributed by atoms with Crippen molar-refractivity contribution in [2.24, 2.45) is 0 Å². The first-order valence-corrected chi connectivity index (χ1v) is 5.52. The second-order valence-electron chi connectivity index (χ2n) is 4.14. The first-order valence-electron chi connectivity index (χ1n) is 5.52. The Labute approximate surface area is 93.3 Å². The van der Waals surface area contributed by atoms with E-state index >= 15 is 0 Å². The van der Waals surface area contributed by atoms with Crippen LogP contribution in [0.2, 0.25) is 0 Å². The number of carbonyl (C=O) groups is 1. The summed E-state index contributed by atoms with van der Waals surface area (Å²) in [4.78, 5) is 15.3. The van der Waals surface area contributed by atoms with Gasteiger partial charge in [0.25, 0.3) is 0 Å². The molecule has 0 aromatic carbocycles. The lowest BCUT2D eigenvalue weighted by atomic mass is 10.1. The highest BCUT2D eigenvalue weighted by Gasteiger charge is 2.21. The van der Waals surface area contributed by atoms with E-state index in [4.69, 9.17) is 0 Å². The summed E-state index contributed by atoms with van der Waals surface area (Å²) >= 11 is 0. The zero-order valence-corrected chi connectivity index (χ0v) is 8.89. The topological polar surface area (TPSA) is 46.4 Å². The number of nitrogens with zero attached hydrogens (tertiary/aromatic N) is 2. The van der Waals surface area contributed by atoms with Gasteiger partial charge in [-0.25, -0.2) is 4.98 Å². The maximum absolute atomic E-state index is 10.9. The van der Waals surface area contributed by atoms with Gasteiger partial charge in [-0.3, -0.25) is 4.79 Å². The molecule has 2 aromatic rings. The van der Waals surface area contributed by atoms with E-state index in [1.807, 2.05) is 22.7 Å². The third-order valence-corrected chi connectivity index (χ3v) is 3.18. The van der Waals surface area contributed by atoms with Crippen LogP contribution in [0.4, 0.5) is 0 Å². The monoisotopic (exact) mass is 215 g/mol. The summed E-state index contributed by atoms with van der Waals surface area (Å²) in [5, 5.41) is 3.33. The van der Waals surface area contributed by atoms with Crippen molar-refractivity contribution in [1.82, 2.24) is 14.7 Å². The van der Waals surface area contributed by atoms with Gasteiger partial charge >= 0.3 is 0 Å². The second kappa shape index (κ2) is 3.72. The lowest BCUT2D eigenvalue weighted by molar-refractivity contribution is 0.112. The fraction of sp³-hybridized carbons (Fsp3) is 0.333. The molecule has 1 aliphatic rings. The predicted octanol–water partition coefficient (Wildman–Crippen LogP) is 1.22. The Balaban J connectivity index is 2.16. The van der Waals surface area contributed by atoms with Crippen LogP contribution < -0.4 is 5.32 Å². The SMILES string of the molecule is O=Cc1cccn2c(C3CCNC3)ncc12. The second-order valence-corrected chi connectivity index (χ2v) is 4.14. The molecular weight excluding hydrogens is 202 g/mol. The van der Waals surface area contributed by atoms with Crippen LogP contribution in [-0.2, 0) is 0 Å². The van der Waals surface area contributed by atoms with Crippen molar-refractivity contribution in [2.45, 2.75) is 12.3 Å². The number of aldehydes is 1. The van der Waals surface area contributed by atoms with Crippen LogP contribution in [-0.4, -0.2) is 28.8 Å². The molecule has 16 heavy (non-hydrogen) atoms.